The second kappa shape index (κ2) is 12.9. The number of ether oxygens (including phenoxy) is 2. The van der Waals surface area contributed by atoms with Crippen molar-refractivity contribution in [3.8, 4) is 5.75 Å². The first-order chi connectivity index (χ1) is 9.69. The molecule has 0 aliphatic rings. The van der Waals surface area contributed by atoms with Gasteiger partial charge < -0.3 is 19.9 Å². The molecule has 0 amide bonds. The van der Waals surface area contributed by atoms with E-state index in [1.165, 1.54) is 0 Å². The first-order valence-electron chi connectivity index (χ1n) is 7.12. The summed E-state index contributed by atoms with van der Waals surface area (Å²) in [6.07, 6.45) is 2.52. The average Bonchev–Trinajstić information content (AvgIpc) is 2.47. The highest BCUT2D eigenvalue weighted by Crippen LogP contribution is 2.22. The molecule has 0 bridgehead atoms. The van der Waals surface area contributed by atoms with Crippen LogP contribution in [0.25, 0.3) is 0 Å². The molecule has 0 radical (unpaired) electrons. The largest absolute Gasteiger partial charge is 0.497 e. The maximum atomic E-state index is 10.0. The highest BCUT2D eigenvalue weighted by Gasteiger charge is 2.07. The SMILES string of the molecule is CCCNCCCC(O)c1cccc(OC)c1.COC. The fourth-order valence-electron chi connectivity index (χ4n) is 1.74. The molecule has 116 valence electrons. The molecule has 0 aliphatic carbocycles. The molecule has 1 rings (SSSR count). The summed E-state index contributed by atoms with van der Waals surface area (Å²) in [7, 11) is 4.89. The van der Waals surface area contributed by atoms with E-state index in [1.54, 1.807) is 21.3 Å². The molecule has 4 heteroatoms. The molecule has 0 fully saturated rings. The number of nitrogens with one attached hydrogen (secondary N) is 1. The van der Waals surface area contributed by atoms with Crippen LogP contribution < -0.4 is 10.1 Å². The second-order valence-electron chi connectivity index (χ2n) is 4.59. The lowest BCUT2D eigenvalue weighted by Gasteiger charge is -2.12. The van der Waals surface area contributed by atoms with E-state index in [0.717, 1.165) is 43.7 Å². The summed E-state index contributed by atoms with van der Waals surface area (Å²) in [6.45, 7) is 4.17. The molecule has 1 atom stereocenters. The number of rotatable bonds is 8. The number of methoxy groups -OCH3 is 2. The molecule has 2 N–H and O–H groups in total. The third-order valence-corrected chi connectivity index (χ3v) is 2.74. The van der Waals surface area contributed by atoms with Gasteiger partial charge in [-0.2, -0.15) is 0 Å². The molecule has 20 heavy (non-hydrogen) atoms. The maximum absolute atomic E-state index is 10.0. The fourth-order valence-corrected chi connectivity index (χ4v) is 1.74. The average molecular weight is 283 g/mol. The third-order valence-electron chi connectivity index (χ3n) is 2.74. The topological polar surface area (TPSA) is 50.7 Å². The number of aliphatic hydroxyl groups is 1. The molecule has 1 aromatic rings. The van der Waals surface area contributed by atoms with Crippen molar-refractivity contribution >= 4 is 0 Å². The number of benzene rings is 1. The molecule has 0 heterocycles. The molecular formula is C16H29NO3. The summed E-state index contributed by atoms with van der Waals surface area (Å²) in [4.78, 5) is 0. The van der Waals surface area contributed by atoms with Gasteiger partial charge in [-0.15, -0.1) is 0 Å². The lowest BCUT2D eigenvalue weighted by molar-refractivity contribution is 0.164. The van der Waals surface area contributed by atoms with Crippen LogP contribution in [0.3, 0.4) is 0 Å². The first-order valence-corrected chi connectivity index (χ1v) is 7.12. The van der Waals surface area contributed by atoms with Crippen LogP contribution in [0.15, 0.2) is 24.3 Å². The predicted molar refractivity (Wildman–Crippen MR) is 83.3 cm³/mol. The number of hydrogen-bond acceptors (Lipinski definition) is 4. The van der Waals surface area contributed by atoms with Gasteiger partial charge in [-0.1, -0.05) is 19.1 Å². The Morgan fingerprint density at radius 3 is 2.50 bits per heavy atom. The Hall–Kier alpha value is -1.10. The van der Waals surface area contributed by atoms with Crippen molar-refractivity contribution in [3.05, 3.63) is 29.8 Å². The maximum Gasteiger partial charge on any atom is 0.119 e. The Labute approximate surface area is 123 Å². The van der Waals surface area contributed by atoms with Gasteiger partial charge >= 0.3 is 0 Å². The molecule has 1 unspecified atom stereocenters. The van der Waals surface area contributed by atoms with Gasteiger partial charge in [0.15, 0.2) is 0 Å². The normalized spacial score (nSPS) is 11.4. The van der Waals surface area contributed by atoms with Crippen LogP contribution in [-0.4, -0.2) is 39.5 Å². The molecule has 4 nitrogen and oxygen atoms in total. The van der Waals surface area contributed by atoms with E-state index in [4.69, 9.17) is 4.74 Å². The van der Waals surface area contributed by atoms with Gasteiger partial charge in [0, 0.05) is 14.2 Å². The molecule has 0 aromatic heterocycles. The van der Waals surface area contributed by atoms with Crippen molar-refractivity contribution in [3.63, 3.8) is 0 Å². The summed E-state index contributed by atoms with van der Waals surface area (Å²) >= 11 is 0. The molecule has 0 saturated heterocycles. The summed E-state index contributed by atoms with van der Waals surface area (Å²) in [5, 5.41) is 13.3. The third kappa shape index (κ3) is 8.91. The van der Waals surface area contributed by atoms with E-state index in [0.29, 0.717) is 0 Å². The summed E-state index contributed by atoms with van der Waals surface area (Å²) in [6, 6.07) is 7.63. The monoisotopic (exact) mass is 283 g/mol. The lowest BCUT2D eigenvalue weighted by Crippen LogP contribution is -2.16. The zero-order chi connectivity index (χ0) is 15.2. The van der Waals surface area contributed by atoms with Gasteiger partial charge in [0.05, 0.1) is 13.2 Å². The highest BCUT2D eigenvalue weighted by molar-refractivity contribution is 5.29. The van der Waals surface area contributed by atoms with Crippen molar-refractivity contribution < 1.29 is 14.6 Å². The Morgan fingerprint density at radius 2 is 1.90 bits per heavy atom. The molecule has 0 aliphatic heterocycles. The summed E-state index contributed by atoms with van der Waals surface area (Å²) in [5.74, 6) is 0.797. The molecule has 0 spiro atoms. The van der Waals surface area contributed by atoms with E-state index in [-0.39, 0.29) is 0 Å². The molecule has 0 saturated carbocycles. The van der Waals surface area contributed by atoms with Crippen LogP contribution in [0.1, 0.15) is 37.9 Å². The Kier molecular flexibility index (Phi) is 12.2. The van der Waals surface area contributed by atoms with Gasteiger partial charge in [-0.05, 0) is 50.0 Å². The minimum Gasteiger partial charge on any atom is -0.497 e. The van der Waals surface area contributed by atoms with Gasteiger partial charge in [0.2, 0.25) is 0 Å². The standard InChI is InChI=1S/C14H23NO2.C2H6O/c1-3-9-15-10-5-8-14(16)12-6-4-7-13(11-12)17-2;1-3-2/h4,6-7,11,14-16H,3,5,8-10H2,1-2H3;1-2H3. The zero-order valence-electron chi connectivity index (χ0n) is 13.2. The van der Waals surface area contributed by atoms with Crippen LogP contribution >= 0.6 is 0 Å². The van der Waals surface area contributed by atoms with Crippen LogP contribution in [0.4, 0.5) is 0 Å². The van der Waals surface area contributed by atoms with E-state index < -0.39 is 6.10 Å². The number of hydrogen-bond donors (Lipinski definition) is 2. The van der Waals surface area contributed by atoms with Crippen molar-refractivity contribution in [2.45, 2.75) is 32.3 Å². The Bertz CT molecular complexity index is 331. The van der Waals surface area contributed by atoms with Crippen molar-refractivity contribution in [2.24, 2.45) is 0 Å². The van der Waals surface area contributed by atoms with Crippen molar-refractivity contribution in [2.75, 3.05) is 34.4 Å². The Morgan fingerprint density at radius 1 is 1.20 bits per heavy atom. The fraction of sp³-hybridized carbons (Fsp3) is 0.625. The van der Waals surface area contributed by atoms with Gasteiger partial charge in [-0.3, -0.25) is 0 Å². The minimum atomic E-state index is -0.395. The van der Waals surface area contributed by atoms with Gasteiger partial charge in [0.25, 0.3) is 0 Å². The van der Waals surface area contributed by atoms with E-state index in [1.807, 2.05) is 24.3 Å². The smallest absolute Gasteiger partial charge is 0.119 e. The molecule has 1 aromatic carbocycles. The van der Waals surface area contributed by atoms with Crippen LogP contribution in [0.2, 0.25) is 0 Å². The zero-order valence-corrected chi connectivity index (χ0v) is 13.2. The van der Waals surface area contributed by atoms with E-state index in [9.17, 15) is 5.11 Å². The summed E-state index contributed by atoms with van der Waals surface area (Å²) in [5.41, 5.74) is 0.930. The van der Waals surface area contributed by atoms with Crippen LogP contribution in [0, 0.1) is 0 Å². The number of aliphatic hydroxyl groups excluding tert-OH is 1. The van der Waals surface area contributed by atoms with Crippen LogP contribution in [-0.2, 0) is 4.74 Å². The second-order valence-corrected chi connectivity index (χ2v) is 4.59. The van der Waals surface area contributed by atoms with Gasteiger partial charge in [0.1, 0.15) is 5.75 Å². The van der Waals surface area contributed by atoms with E-state index in [2.05, 4.69) is 17.0 Å². The highest BCUT2D eigenvalue weighted by atomic mass is 16.5. The first kappa shape index (κ1) is 18.9. The molecular weight excluding hydrogens is 254 g/mol. The quantitative estimate of drug-likeness (QED) is 0.720. The predicted octanol–water partition coefficient (Wildman–Crippen LogP) is 2.77. The summed E-state index contributed by atoms with van der Waals surface area (Å²) < 4.78 is 9.39. The van der Waals surface area contributed by atoms with Gasteiger partial charge in [-0.25, -0.2) is 0 Å². The minimum absolute atomic E-state index is 0.395. The van der Waals surface area contributed by atoms with Crippen molar-refractivity contribution in [1.82, 2.24) is 5.32 Å². The van der Waals surface area contributed by atoms with E-state index >= 15 is 0 Å². The Balaban J connectivity index is 0.00000110. The van der Waals surface area contributed by atoms with Crippen molar-refractivity contribution in [1.29, 1.82) is 0 Å². The van der Waals surface area contributed by atoms with Crippen LogP contribution in [0.5, 0.6) is 5.75 Å². The lowest BCUT2D eigenvalue weighted by atomic mass is 10.0.